The lowest BCUT2D eigenvalue weighted by Gasteiger charge is -2.09. The van der Waals surface area contributed by atoms with Crippen LogP contribution in [0.25, 0.3) is 0 Å². The van der Waals surface area contributed by atoms with Crippen LogP contribution in [0.3, 0.4) is 0 Å². The molecule has 0 aromatic heterocycles. The van der Waals surface area contributed by atoms with E-state index >= 15 is 0 Å². The van der Waals surface area contributed by atoms with Crippen molar-refractivity contribution in [2.75, 3.05) is 0 Å². The molecule has 1 nitrogen and oxygen atoms in total. The van der Waals surface area contributed by atoms with Gasteiger partial charge in [0.05, 0.1) is 0 Å². The molecule has 0 aromatic rings. The first-order chi connectivity index (χ1) is 4.62. The van der Waals surface area contributed by atoms with E-state index in [1.54, 1.807) is 0 Å². The topological polar surface area (TPSA) is 17.1 Å². The van der Waals surface area contributed by atoms with E-state index in [2.05, 4.69) is 11.8 Å². The first-order valence-electron chi connectivity index (χ1n) is 3.47. The van der Waals surface area contributed by atoms with Crippen LogP contribution in [0.4, 0.5) is 0 Å². The Labute approximate surface area is 62.8 Å². The van der Waals surface area contributed by atoms with Gasteiger partial charge in [0.2, 0.25) is 6.29 Å². The maximum atomic E-state index is 10.2. The Morgan fingerprint density at radius 1 is 1.30 bits per heavy atom. The third-order valence-corrected chi connectivity index (χ3v) is 1.11. The van der Waals surface area contributed by atoms with Gasteiger partial charge in [0.1, 0.15) is 0 Å². The summed E-state index contributed by atoms with van der Waals surface area (Å²) >= 11 is 0. The van der Waals surface area contributed by atoms with Crippen LogP contribution in [-0.2, 0) is 4.79 Å². The van der Waals surface area contributed by atoms with E-state index in [0.29, 0.717) is 6.42 Å². The minimum atomic E-state index is -0.387. The summed E-state index contributed by atoms with van der Waals surface area (Å²) in [4.78, 5) is 10.2. The summed E-state index contributed by atoms with van der Waals surface area (Å²) in [6.45, 7) is 5.67. The average Bonchev–Trinajstić information content (AvgIpc) is 1.89. The molecule has 1 radical (unpaired) electrons. The molecule has 0 aliphatic carbocycles. The molecule has 0 saturated carbocycles. The molecule has 0 aliphatic heterocycles. The second-order valence-electron chi connectivity index (χ2n) is 2.87. The average molecular weight is 137 g/mol. The van der Waals surface area contributed by atoms with Crippen LogP contribution in [-0.4, -0.2) is 6.29 Å². The molecular weight excluding hydrogens is 124 g/mol. The fraction of sp³-hybridized carbons (Fsp3) is 0.667. The predicted octanol–water partition coefficient (Wildman–Crippen LogP) is 1.93. The van der Waals surface area contributed by atoms with Crippen LogP contribution in [0.2, 0.25) is 0 Å². The molecule has 0 saturated heterocycles. The Hall–Kier alpha value is -0.770. The fourth-order valence-corrected chi connectivity index (χ4v) is 0.445. The third kappa shape index (κ3) is 4.14. The van der Waals surface area contributed by atoms with Crippen molar-refractivity contribution < 1.29 is 4.79 Å². The summed E-state index contributed by atoms with van der Waals surface area (Å²) in [5, 5.41) is 0. The van der Waals surface area contributed by atoms with Gasteiger partial charge in [-0.3, -0.25) is 4.79 Å². The Morgan fingerprint density at radius 2 is 1.90 bits per heavy atom. The molecule has 0 N–H and O–H groups in total. The van der Waals surface area contributed by atoms with Crippen molar-refractivity contribution in [3.63, 3.8) is 0 Å². The molecule has 0 aromatic carbocycles. The van der Waals surface area contributed by atoms with Crippen LogP contribution in [0.1, 0.15) is 33.6 Å². The third-order valence-electron chi connectivity index (χ3n) is 1.11. The van der Waals surface area contributed by atoms with Gasteiger partial charge >= 0.3 is 0 Å². The standard InChI is InChI=1S/C9H13O/c1-4-5-6-7-9(2,3)8-10/h4,7H2,1-3H3. The SMILES string of the molecule is CCC#CCC(C)(C)[C]=O. The first-order valence-corrected chi connectivity index (χ1v) is 3.47. The monoisotopic (exact) mass is 137 g/mol. The summed E-state index contributed by atoms with van der Waals surface area (Å²) in [5.74, 6) is 5.82. The minimum absolute atomic E-state index is 0.387. The van der Waals surface area contributed by atoms with Gasteiger partial charge in [0.15, 0.2) is 0 Å². The largest absolute Gasteiger partial charge is 0.290 e. The van der Waals surface area contributed by atoms with Crippen molar-refractivity contribution in [3.05, 3.63) is 0 Å². The summed E-state index contributed by atoms with van der Waals surface area (Å²) < 4.78 is 0. The Bertz CT molecular complexity index is 157. The number of carbonyl (C=O) groups excluding carboxylic acids is 1. The molecule has 0 fully saturated rings. The van der Waals surface area contributed by atoms with Gasteiger partial charge in [-0.05, 0) is 0 Å². The second-order valence-corrected chi connectivity index (χ2v) is 2.87. The highest BCUT2D eigenvalue weighted by molar-refractivity contribution is 5.59. The van der Waals surface area contributed by atoms with Gasteiger partial charge in [0.25, 0.3) is 0 Å². The lowest BCUT2D eigenvalue weighted by Crippen LogP contribution is -2.10. The van der Waals surface area contributed by atoms with E-state index in [1.807, 2.05) is 27.1 Å². The smallest absolute Gasteiger partial charge is 0.205 e. The zero-order chi connectivity index (χ0) is 8.04. The molecule has 0 unspecified atom stereocenters. The van der Waals surface area contributed by atoms with E-state index in [-0.39, 0.29) is 5.41 Å². The zero-order valence-electron chi connectivity index (χ0n) is 6.82. The van der Waals surface area contributed by atoms with Crippen LogP contribution >= 0.6 is 0 Å². The Balaban J connectivity index is 3.77. The molecule has 0 amide bonds. The van der Waals surface area contributed by atoms with Gasteiger partial charge in [-0.25, -0.2) is 0 Å². The normalized spacial score (nSPS) is 9.90. The highest BCUT2D eigenvalue weighted by atomic mass is 16.1. The number of rotatable bonds is 2. The van der Waals surface area contributed by atoms with Gasteiger partial charge < -0.3 is 0 Å². The minimum Gasteiger partial charge on any atom is -0.290 e. The molecular formula is C9H13O. The van der Waals surface area contributed by atoms with Gasteiger partial charge in [-0.2, -0.15) is 0 Å². The molecule has 0 aliphatic rings. The highest BCUT2D eigenvalue weighted by Gasteiger charge is 2.15. The molecule has 55 valence electrons. The van der Waals surface area contributed by atoms with Crippen LogP contribution < -0.4 is 0 Å². The van der Waals surface area contributed by atoms with Crippen LogP contribution in [0, 0.1) is 17.3 Å². The zero-order valence-corrected chi connectivity index (χ0v) is 6.82. The maximum Gasteiger partial charge on any atom is 0.205 e. The van der Waals surface area contributed by atoms with Crippen molar-refractivity contribution in [1.82, 2.24) is 0 Å². The lowest BCUT2D eigenvalue weighted by molar-refractivity contribution is 0.458. The van der Waals surface area contributed by atoms with E-state index < -0.39 is 0 Å². The summed E-state index contributed by atoms with van der Waals surface area (Å²) in [5.41, 5.74) is -0.387. The second kappa shape index (κ2) is 4.11. The summed E-state index contributed by atoms with van der Waals surface area (Å²) in [6.07, 6.45) is 3.42. The van der Waals surface area contributed by atoms with E-state index in [0.717, 1.165) is 6.42 Å². The molecule has 10 heavy (non-hydrogen) atoms. The lowest BCUT2D eigenvalue weighted by atomic mass is 9.92. The van der Waals surface area contributed by atoms with Crippen LogP contribution in [0.5, 0.6) is 0 Å². The molecule has 1 heteroatoms. The van der Waals surface area contributed by atoms with Crippen molar-refractivity contribution >= 4 is 6.29 Å². The maximum absolute atomic E-state index is 10.2. The van der Waals surface area contributed by atoms with Crippen LogP contribution in [0.15, 0.2) is 0 Å². The van der Waals surface area contributed by atoms with E-state index in [9.17, 15) is 4.79 Å². The van der Waals surface area contributed by atoms with Gasteiger partial charge in [0, 0.05) is 18.3 Å². The van der Waals surface area contributed by atoms with Gasteiger partial charge in [-0.1, -0.05) is 20.8 Å². The predicted molar refractivity (Wildman–Crippen MR) is 42.2 cm³/mol. The van der Waals surface area contributed by atoms with Crippen molar-refractivity contribution in [3.8, 4) is 11.8 Å². The molecule has 0 bridgehead atoms. The van der Waals surface area contributed by atoms with E-state index in [1.165, 1.54) is 0 Å². The van der Waals surface area contributed by atoms with Crippen molar-refractivity contribution in [2.45, 2.75) is 33.6 Å². The Kier molecular flexibility index (Phi) is 3.79. The number of hydrogen-bond acceptors (Lipinski definition) is 1. The fourth-order valence-electron chi connectivity index (χ4n) is 0.445. The van der Waals surface area contributed by atoms with E-state index in [4.69, 9.17) is 0 Å². The molecule has 0 rings (SSSR count). The summed E-state index contributed by atoms with van der Waals surface area (Å²) in [7, 11) is 0. The van der Waals surface area contributed by atoms with Gasteiger partial charge in [-0.15, -0.1) is 11.8 Å². The molecule has 0 heterocycles. The molecule has 0 spiro atoms. The van der Waals surface area contributed by atoms with Crippen molar-refractivity contribution in [2.24, 2.45) is 5.41 Å². The Morgan fingerprint density at radius 3 is 2.30 bits per heavy atom. The quantitative estimate of drug-likeness (QED) is 0.531. The first kappa shape index (κ1) is 9.23. The number of hydrogen-bond donors (Lipinski definition) is 0. The highest BCUT2D eigenvalue weighted by Crippen LogP contribution is 2.14. The summed E-state index contributed by atoms with van der Waals surface area (Å²) in [6, 6.07) is 0. The molecule has 0 atom stereocenters. The van der Waals surface area contributed by atoms with Crippen molar-refractivity contribution in [1.29, 1.82) is 0 Å².